The second-order valence-electron chi connectivity index (χ2n) is 7.44. The van der Waals surface area contributed by atoms with E-state index in [1.54, 1.807) is 23.0 Å². The van der Waals surface area contributed by atoms with Crippen LogP contribution in [0.1, 0.15) is 30.1 Å². The molecule has 12 nitrogen and oxygen atoms in total. The molecule has 2 unspecified atom stereocenters. The van der Waals surface area contributed by atoms with E-state index in [-0.39, 0.29) is 18.3 Å². The minimum Gasteiger partial charge on any atom is -0.372 e. The lowest BCUT2D eigenvalue weighted by Gasteiger charge is -2.22. The molecule has 0 saturated carbocycles. The molecule has 1 N–H and O–H groups in total. The van der Waals surface area contributed by atoms with E-state index in [0.29, 0.717) is 22.1 Å². The van der Waals surface area contributed by atoms with Gasteiger partial charge in [-0.1, -0.05) is 16.8 Å². The highest BCUT2D eigenvalue weighted by Gasteiger charge is 2.34. The summed E-state index contributed by atoms with van der Waals surface area (Å²) in [4.78, 5) is 12.4. The molecule has 0 fully saturated rings. The Morgan fingerprint density at radius 1 is 1.21 bits per heavy atom. The lowest BCUT2D eigenvalue weighted by atomic mass is 10.2. The van der Waals surface area contributed by atoms with Gasteiger partial charge in [-0.2, -0.15) is 0 Å². The first kappa shape index (κ1) is 23.7. The van der Waals surface area contributed by atoms with Gasteiger partial charge in [0, 0.05) is 43.5 Å². The summed E-state index contributed by atoms with van der Waals surface area (Å²) in [6.45, 7) is 3.54. The smallest absolute Gasteiger partial charge is 0.240 e. The third kappa shape index (κ3) is 5.05. The third-order valence-corrected chi connectivity index (χ3v) is 6.88. The molecule has 4 heterocycles. The van der Waals surface area contributed by atoms with Gasteiger partial charge in [-0.3, -0.25) is 14.3 Å². The van der Waals surface area contributed by atoms with E-state index in [1.165, 1.54) is 32.7 Å². The van der Waals surface area contributed by atoms with Gasteiger partial charge >= 0.3 is 0 Å². The molecule has 2 atom stereocenters. The van der Waals surface area contributed by atoms with Gasteiger partial charge in [0.1, 0.15) is 23.3 Å². The number of anilines is 1. The van der Waals surface area contributed by atoms with Crippen molar-refractivity contribution in [2.75, 3.05) is 11.8 Å². The van der Waals surface area contributed by atoms with Gasteiger partial charge < -0.3 is 9.26 Å². The second-order valence-corrected chi connectivity index (χ2v) is 9.92. The number of aryl methyl sites for hydroxylation is 1. The van der Waals surface area contributed by atoms with Crippen LogP contribution in [-0.2, 0) is 21.3 Å². The summed E-state index contributed by atoms with van der Waals surface area (Å²) < 4.78 is 41.0. The number of aromatic nitrogens is 7. The number of ether oxygens (including phenoxy) is 1. The van der Waals surface area contributed by atoms with Crippen LogP contribution in [0.15, 0.2) is 47.7 Å². The van der Waals surface area contributed by atoms with Gasteiger partial charge in [0.2, 0.25) is 16.0 Å². The third-order valence-electron chi connectivity index (χ3n) is 4.99. The maximum Gasteiger partial charge on any atom is 0.240 e. The largest absolute Gasteiger partial charge is 0.372 e. The number of nitrogens with zero attached hydrogens (tertiary/aromatic N) is 7. The van der Waals surface area contributed by atoms with Crippen molar-refractivity contribution in [3.63, 3.8) is 0 Å². The molecular formula is C20H21ClN8O4S. The topological polar surface area (TPSA) is 151 Å². The Hall–Kier alpha value is -3.42. The molecule has 0 bridgehead atoms. The van der Waals surface area contributed by atoms with Crippen molar-refractivity contribution in [3.8, 4) is 11.4 Å². The molecule has 0 spiro atoms. The standard InChI is InChI=1S/C20H21ClN8O4S/c1-12-6-14(8-22-7-12)19-25-26-20(29(19)11-16-4-5-33-27-16)28-34(30,31)13(2)17(32-3)18-23-9-15(21)10-24-18/h4-10,13,17H,11H2,1-3H3,(H,26,28). The summed E-state index contributed by atoms with van der Waals surface area (Å²) in [6, 6.07) is 3.54. The predicted octanol–water partition coefficient (Wildman–Crippen LogP) is 2.65. The van der Waals surface area contributed by atoms with Crippen LogP contribution < -0.4 is 4.72 Å². The fourth-order valence-corrected chi connectivity index (χ4v) is 4.51. The second kappa shape index (κ2) is 9.83. The van der Waals surface area contributed by atoms with E-state index in [0.717, 1.165) is 5.56 Å². The normalized spacial score (nSPS) is 13.5. The van der Waals surface area contributed by atoms with Crippen LogP contribution in [0.25, 0.3) is 11.4 Å². The maximum atomic E-state index is 13.3. The van der Waals surface area contributed by atoms with Crippen LogP contribution in [0.3, 0.4) is 0 Å². The molecule has 14 heteroatoms. The number of halogens is 1. The summed E-state index contributed by atoms with van der Waals surface area (Å²) >= 11 is 5.84. The summed E-state index contributed by atoms with van der Waals surface area (Å²) in [6.07, 6.45) is 6.54. The monoisotopic (exact) mass is 504 g/mol. The molecule has 0 aliphatic heterocycles. The highest BCUT2D eigenvalue weighted by Crippen LogP contribution is 2.27. The van der Waals surface area contributed by atoms with Gasteiger partial charge in [-0.15, -0.1) is 10.2 Å². The van der Waals surface area contributed by atoms with E-state index in [9.17, 15) is 8.42 Å². The van der Waals surface area contributed by atoms with Gasteiger partial charge in [-0.05, 0) is 25.5 Å². The summed E-state index contributed by atoms with van der Waals surface area (Å²) in [5.74, 6) is 0.590. The quantitative estimate of drug-likeness (QED) is 0.360. The summed E-state index contributed by atoms with van der Waals surface area (Å²) in [5.41, 5.74) is 2.13. The number of sulfonamides is 1. The maximum absolute atomic E-state index is 13.3. The van der Waals surface area contributed by atoms with Crippen LogP contribution in [0.2, 0.25) is 5.02 Å². The van der Waals surface area contributed by atoms with Crippen molar-refractivity contribution < 1.29 is 17.7 Å². The average Bonchev–Trinajstić information content (AvgIpc) is 3.46. The lowest BCUT2D eigenvalue weighted by molar-refractivity contribution is 0.0950. The van der Waals surface area contributed by atoms with Gasteiger partial charge in [-0.25, -0.2) is 18.4 Å². The molecule has 4 aromatic rings. The van der Waals surface area contributed by atoms with Gasteiger partial charge in [0.05, 0.1) is 11.6 Å². The minimum absolute atomic E-state index is 0.00164. The Morgan fingerprint density at radius 3 is 2.62 bits per heavy atom. The molecule has 178 valence electrons. The van der Waals surface area contributed by atoms with Crippen LogP contribution in [0.5, 0.6) is 0 Å². The molecule has 0 aliphatic rings. The zero-order valence-corrected chi connectivity index (χ0v) is 20.0. The Bertz CT molecular complexity index is 1360. The van der Waals surface area contributed by atoms with Crippen LogP contribution in [0.4, 0.5) is 5.95 Å². The van der Waals surface area contributed by atoms with Crippen molar-refractivity contribution in [3.05, 3.63) is 65.3 Å². The highest BCUT2D eigenvalue weighted by molar-refractivity contribution is 7.93. The number of pyridine rings is 1. The van der Waals surface area contributed by atoms with Crippen molar-refractivity contribution in [1.29, 1.82) is 0 Å². The van der Waals surface area contributed by atoms with Crippen LogP contribution in [-0.4, -0.2) is 55.7 Å². The lowest BCUT2D eigenvalue weighted by Crippen LogP contribution is -2.33. The van der Waals surface area contributed by atoms with E-state index in [2.05, 4.69) is 35.0 Å². The number of rotatable bonds is 9. The summed E-state index contributed by atoms with van der Waals surface area (Å²) in [7, 11) is -2.65. The highest BCUT2D eigenvalue weighted by atomic mass is 35.5. The Morgan fingerprint density at radius 2 is 1.97 bits per heavy atom. The molecule has 0 amide bonds. The molecule has 0 aromatic carbocycles. The Kier molecular flexibility index (Phi) is 6.86. The van der Waals surface area contributed by atoms with E-state index < -0.39 is 21.4 Å². The first-order valence-electron chi connectivity index (χ1n) is 10.0. The molecule has 34 heavy (non-hydrogen) atoms. The van der Waals surface area contributed by atoms with Gasteiger partial charge in [0.25, 0.3) is 0 Å². The van der Waals surface area contributed by atoms with Crippen molar-refractivity contribution in [2.45, 2.75) is 31.7 Å². The Labute approximate surface area is 200 Å². The SMILES string of the molecule is COC(c1ncc(Cl)cn1)C(C)S(=O)(=O)Nc1nnc(-c2cncc(C)c2)n1Cc1ccon1. The number of nitrogens with one attached hydrogen (secondary N) is 1. The van der Waals surface area contributed by atoms with Crippen molar-refractivity contribution >= 4 is 27.6 Å². The first-order valence-corrected chi connectivity index (χ1v) is 12.0. The van der Waals surface area contributed by atoms with E-state index in [1.807, 2.05) is 13.0 Å². The predicted molar refractivity (Wildman–Crippen MR) is 122 cm³/mol. The Balaban J connectivity index is 1.68. The molecule has 4 rings (SSSR count). The van der Waals surface area contributed by atoms with Crippen LogP contribution in [0, 0.1) is 6.92 Å². The summed E-state index contributed by atoms with van der Waals surface area (Å²) in [5, 5.41) is 11.4. The molecule has 0 aliphatic carbocycles. The number of methoxy groups -OCH3 is 1. The minimum atomic E-state index is -4.03. The fourth-order valence-electron chi connectivity index (χ4n) is 3.26. The van der Waals surface area contributed by atoms with Gasteiger partial charge in [0.15, 0.2) is 11.6 Å². The zero-order valence-electron chi connectivity index (χ0n) is 18.5. The molecule has 0 radical (unpaired) electrons. The molecule has 0 saturated heterocycles. The van der Waals surface area contributed by atoms with E-state index in [4.69, 9.17) is 20.9 Å². The zero-order chi connectivity index (χ0) is 24.3. The van der Waals surface area contributed by atoms with E-state index >= 15 is 0 Å². The molecule has 4 aromatic heterocycles. The van der Waals surface area contributed by atoms with Crippen molar-refractivity contribution in [1.82, 2.24) is 34.9 Å². The fraction of sp³-hybridized carbons (Fsp3) is 0.300. The van der Waals surface area contributed by atoms with Crippen molar-refractivity contribution in [2.24, 2.45) is 0 Å². The first-order chi connectivity index (χ1) is 16.3. The molecular weight excluding hydrogens is 484 g/mol. The number of hydrogen-bond acceptors (Lipinski definition) is 10. The van der Waals surface area contributed by atoms with Crippen LogP contribution >= 0.6 is 11.6 Å². The number of hydrogen-bond donors (Lipinski definition) is 1. The average molecular weight is 505 g/mol.